The number of carbonyl (C=O) groups is 1. The molecule has 13 heteroatoms. The lowest BCUT2D eigenvalue weighted by Crippen LogP contribution is -2.50. The van der Waals surface area contributed by atoms with Crippen molar-refractivity contribution in [3.05, 3.63) is 41.0 Å². The Morgan fingerprint density at radius 3 is 2.29 bits per heavy atom. The van der Waals surface area contributed by atoms with E-state index in [0.717, 1.165) is 34.7 Å². The Hall–Kier alpha value is -2.47. The molecule has 0 saturated carbocycles. The number of likely N-dealkylation sites (tertiary alicyclic amines) is 2. The number of aromatic nitrogens is 2. The van der Waals surface area contributed by atoms with Crippen LogP contribution in [0.2, 0.25) is 5.02 Å². The first-order chi connectivity index (χ1) is 17.7. The molecule has 0 aliphatic carbocycles. The average Bonchev–Trinajstić information content (AvgIpc) is 3.41. The molecule has 2 aliphatic rings. The van der Waals surface area contributed by atoms with Crippen LogP contribution in [0.5, 0.6) is 0 Å². The molecule has 1 aromatic heterocycles. The predicted molar refractivity (Wildman–Crippen MR) is 129 cm³/mol. The molecule has 2 saturated heterocycles. The van der Waals surface area contributed by atoms with Gasteiger partial charge in [-0.05, 0) is 57.2 Å². The van der Waals surface area contributed by atoms with Crippen molar-refractivity contribution in [3.63, 3.8) is 0 Å². The van der Waals surface area contributed by atoms with Crippen LogP contribution in [0.1, 0.15) is 44.7 Å². The summed E-state index contributed by atoms with van der Waals surface area (Å²) in [6, 6.07) is 7.63. The Bertz CT molecular complexity index is 1130. The highest BCUT2D eigenvalue weighted by Crippen LogP contribution is 2.42. The van der Waals surface area contributed by atoms with Crippen LogP contribution in [0.15, 0.2) is 30.5 Å². The molecule has 38 heavy (non-hydrogen) atoms. The van der Waals surface area contributed by atoms with E-state index in [1.165, 1.54) is 0 Å². The van der Waals surface area contributed by atoms with Gasteiger partial charge in [0.05, 0.1) is 5.69 Å². The summed E-state index contributed by atoms with van der Waals surface area (Å²) in [4.78, 5) is 15.3. The fraction of sp³-hybridized carbons (Fsp3) is 0.600. The molecule has 0 bridgehead atoms. The largest absolute Gasteiger partial charge is 0.434 e. The van der Waals surface area contributed by atoms with E-state index < -0.39 is 24.5 Å². The summed E-state index contributed by atoms with van der Waals surface area (Å²) in [5.74, 6) is 0. The summed E-state index contributed by atoms with van der Waals surface area (Å²) in [5.41, 5.74) is 2.60. The van der Waals surface area contributed by atoms with E-state index in [-0.39, 0.29) is 24.5 Å². The van der Waals surface area contributed by atoms with Crippen LogP contribution in [0.4, 0.5) is 31.1 Å². The van der Waals surface area contributed by atoms with E-state index in [2.05, 4.69) is 9.64 Å². The lowest BCUT2D eigenvalue weighted by Gasteiger charge is -2.39. The van der Waals surface area contributed by atoms with Gasteiger partial charge in [0.25, 0.3) is 6.10 Å². The van der Waals surface area contributed by atoms with Crippen LogP contribution in [0.3, 0.4) is 0 Å². The second-order valence-electron chi connectivity index (χ2n) is 10.4. The third kappa shape index (κ3) is 6.39. The van der Waals surface area contributed by atoms with Crippen molar-refractivity contribution in [1.29, 1.82) is 0 Å². The first-order valence-corrected chi connectivity index (χ1v) is 12.7. The number of halogens is 7. The van der Waals surface area contributed by atoms with Crippen molar-refractivity contribution >= 4 is 17.7 Å². The molecule has 0 unspecified atom stereocenters. The van der Waals surface area contributed by atoms with Gasteiger partial charge in [-0.3, -0.25) is 9.58 Å². The topological polar surface area (TPSA) is 50.6 Å². The van der Waals surface area contributed by atoms with Crippen molar-refractivity contribution < 1.29 is 35.9 Å². The molecular formula is C25H29ClF6N4O2. The highest BCUT2D eigenvalue weighted by Gasteiger charge is 2.60. The summed E-state index contributed by atoms with van der Waals surface area (Å²) in [6.07, 6.45) is -13.4. The van der Waals surface area contributed by atoms with Gasteiger partial charge in [-0.2, -0.15) is 31.4 Å². The molecule has 4 rings (SSSR count). The van der Waals surface area contributed by atoms with Crippen LogP contribution < -0.4 is 0 Å². The Balaban J connectivity index is 1.39. The number of hydrogen-bond donors (Lipinski definition) is 0. The molecular weight excluding hydrogens is 538 g/mol. The van der Waals surface area contributed by atoms with Gasteiger partial charge in [0, 0.05) is 54.6 Å². The maximum absolute atomic E-state index is 12.8. The SMILES string of the molecule is CC(C)n1cc(CN2CCC3(CCN(C(=O)OC(C(F)(F)F)C(F)(F)F)CC3)C2)c(-c2cccc(Cl)c2)n1. The Labute approximate surface area is 221 Å². The third-order valence-corrected chi connectivity index (χ3v) is 7.48. The van der Waals surface area contributed by atoms with Crippen molar-refractivity contribution in [2.75, 3.05) is 26.2 Å². The number of carbonyl (C=O) groups excluding carboxylic acids is 1. The summed E-state index contributed by atoms with van der Waals surface area (Å²) in [6.45, 7) is 6.24. The quantitative estimate of drug-likeness (QED) is 0.378. The number of hydrogen-bond acceptors (Lipinski definition) is 4. The number of amides is 1. The monoisotopic (exact) mass is 566 g/mol. The fourth-order valence-electron chi connectivity index (χ4n) is 5.16. The molecule has 2 aromatic rings. The van der Waals surface area contributed by atoms with Crippen LogP contribution in [0.25, 0.3) is 11.3 Å². The number of rotatable bonds is 5. The minimum atomic E-state index is -5.73. The molecule has 2 fully saturated rings. The summed E-state index contributed by atoms with van der Waals surface area (Å²) in [7, 11) is 0. The molecule has 0 atom stereocenters. The van der Waals surface area contributed by atoms with Crippen molar-refractivity contribution in [1.82, 2.24) is 19.6 Å². The first-order valence-electron chi connectivity index (χ1n) is 12.3. The standard InChI is InChI=1S/C25H29ClF6N4O2/c1-16(2)36-14-18(20(33-36)17-4-3-5-19(26)12-17)13-34-9-6-23(15-34)7-10-35(11-8-23)22(37)38-21(24(27,28)29)25(30,31)32/h3-5,12,14,16,21H,6-11,13,15H2,1-2H3. The Morgan fingerprint density at radius 2 is 1.71 bits per heavy atom. The van der Waals surface area contributed by atoms with Gasteiger partial charge in [0.1, 0.15) is 0 Å². The van der Waals surface area contributed by atoms with E-state index in [9.17, 15) is 31.1 Å². The second-order valence-corrected chi connectivity index (χ2v) is 10.8. The molecule has 1 amide bonds. The predicted octanol–water partition coefficient (Wildman–Crippen LogP) is 6.70. The molecule has 1 spiro atoms. The van der Waals surface area contributed by atoms with E-state index >= 15 is 0 Å². The van der Waals surface area contributed by atoms with Crippen molar-refractivity contribution in [2.24, 2.45) is 5.41 Å². The highest BCUT2D eigenvalue weighted by molar-refractivity contribution is 6.30. The molecule has 2 aliphatic heterocycles. The van der Waals surface area contributed by atoms with Gasteiger partial charge in [-0.25, -0.2) is 4.79 Å². The van der Waals surface area contributed by atoms with E-state index in [4.69, 9.17) is 16.7 Å². The lowest BCUT2D eigenvalue weighted by molar-refractivity contribution is -0.308. The van der Waals surface area contributed by atoms with Crippen LogP contribution in [0, 0.1) is 5.41 Å². The zero-order valence-corrected chi connectivity index (χ0v) is 21.7. The second kappa shape index (κ2) is 10.6. The minimum absolute atomic E-state index is 0.0359. The van der Waals surface area contributed by atoms with Crippen molar-refractivity contribution in [3.8, 4) is 11.3 Å². The zero-order chi connectivity index (χ0) is 27.9. The number of piperidine rings is 1. The fourth-order valence-corrected chi connectivity index (χ4v) is 5.35. The van der Waals surface area contributed by atoms with Crippen LogP contribution >= 0.6 is 11.6 Å². The average molecular weight is 567 g/mol. The first kappa shape index (κ1) is 28.5. The molecule has 210 valence electrons. The molecule has 1 aromatic carbocycles. The van der Waals surface area contributed by atoms with Gasteiger partial charge < -0.3 is 9.64 Å². The number of benzene rings is 1. The molecule has 3 heterocycles. The summed E-state index contributed by atoms with van der Waals surface area (Å²) < 4.78 is 82.4. The minimum Gasteiger partial charge on any atom is -0.426 e. The van der Waals surface area contributed by atoms with Gasteiger partial charge in [0.2, 0.25) is 0 Å². The van der Waals surface area contributed by atoms with E-state index in [0.29, 0.717) is 31.0 Å². The maximum Gasteiger partial charge on any atom is 0.434 e. The Kier molecular flexibility index (Phi) is 7.96. The van der Waals surface area contributed by atoms with Gasteiger partial charge >= 0.3 is 18.4 Å². The van der Waals surface area contributed by atoms with E-state index in [1.807, 2.05) is 42.9 Å². The third-order valence-electron chi connectivity index (χ3n) is 7.24. The van der Waals surface area contributed by atoms with Gasteiger partial charge in [-0.15, -0.1) is 0 Å². The number of alkyl halides is 6. The smallest absolute Gasteiger partial charge is 0.426 e. The normalized spacial score (nSPS) is 18.7. The van der Waals surface area contributed by atoms with E-state index in [1.54, 1.807) is 6.07 Å². The van der Waals surface area contributed by atoms with Crippen LogP contribution in [-0.2, 0) is 11.3 Å². The number of ether oxygens (including phenoxy) is 1. The van der Waals surface area contributed by atoms with Crippen LogP contribution in [-0.4, -0.2) is 70.3 Å². The van der Waals surface area contributed by atoms with Gasteiger partial charge in [0.15, 0.2) is 0 Å². The van der Waals surface area contributed by atoms with Gasteiger partial charge in [-0.1, -0.05) is 23.7 Å². The summed E-state index contributed by atoms with van der Waals surface area (Å²) >= 11 is 6.20. The zero-order valence-electron chi connectivity index (χ0n) is 20.9. The molecule has 6 nitrogen and oxygen atoms in total. The Morgan fingerprint density at radius 1 is 1.08 bits per heavy atom. The molecule has 0 N–H and O–H groups in total. The lowest BCUT2D eigenvalue weighted by atomic mass is 9.78. The highest BCUT2D eigenvalue weighted by atomic mass is 35.5. The maximum atomic E-state index is 12.8. The van der Waals surface area contributed by atoms with Crippen molar-refractivity contribution in [2.45, 2.75) is 64.2 Å². The summed E-state index contributed by atoms with van der Waals surface area (Å²) in [5, 5.41) is 5.37. The molecule has 0 radical (unpaired) electrons. The number of nitrogens with zero attached hydrogens (tertiary/aromatic N) is 4.